The highest BCUT2D eigenvalue weighted by molar-refractivity contribution is 7.99. The van der Waals surface area contributed by atoms with Crippen LogP contribution in [0.4, 0.5) is 0 Å². The minimum Gasteiger partial charge on any atom is -0.352 e. The molecular weight excluding hydrogens is 342 g/mol. The Morgan fingerprint density at radius 1 is 1.12 bits per heavy atom. The Balaban J connectivity index is 1.67. The maximum atomic E-state index is 11.9. The second-order valence-electron chi connectivity index (χ2n) is 5.54. The zero-order valence-corrected chi connectivity index (χ0v) is 14.2. The largest absolute Gasteiger partial charge is 0.352 e. The van der Waals surface area contributed by atoms with Crippen molar-refractivity contribution in [3.63, 3.8) is 0 Å². The van der Waals surface area contributed by atoms with Crippen molar-refractivity contribution < 1.29 is 4.79 Å². The second-order valence-corrected chi connectivity index (χ2v) is 7.09. The molecule has 0 bridgehead atoms. The molecule has 1 aliphatic rings. The molecule has 0 aliphatic carbocycles. The maximum Gasteiger partial charge on any atom is 0.251 e. The number of halogens is 1. The summed E-state index contributed by atoms with van der Waals surface area (Å²) in [6.07, 6.45) is 2.67. The van der Waals surface area contributed by atoms with Gasteiger partial charge >= 0.3 is 0 Å². The van der Waals surface area contributed by atoms with Crippen LogP contribution in [0.5, 0.6) is 0 Å². The van der Waals surface area contributed by atoms with Gasteiger partial charge in [0, 0.05) is 27.6 Å². The lowest BCUT2D eigenvalue weighted by molar-refractivity contribution is 0.0946. The monoisotopic (exact) mass is 355 g/mol. The highest BCUT2D eigenvalue weighted by atomic mass is 35.5. The van der Waals surface area contributed by atoms with Gasteiger partial charge in [0.1, 0.15) is 0 Å². The molecule has 0 saturated heterocycles. The molecule has 0 spiro atoms. The number of carbonyl (C=O) groups is 1. The van der Waals surface area contributed by atoms with Crippen LogP contribution in [0.15, 0.2) is 58.5 Å². The minimum atomic E-state index is 0.00294. The third-order valence-corrected chi connectivity index (χ3v) is 5.25. The molecule has 2 aromatic carbocycles. The number of amides is 1. The predicted octanol–water partition coefficient (Wildman–Crippen LogP) is 4.17. The van der Waals surface area contributed by atoms with E-state index in [9.17, 15) is 4.79 Å². The first-order valence-electron chi connectivity index (χ1n) is 7.59. The smallest absolute Gasteiger partial charge is 0.251 e. The van der Waals surface area contributed by atoms with E-state index in [2.05, 4.69) is 21.6 Å². The molecule has 24 heavy (non-hydrogen) atoms. The van der Waals surface area contributed by atoms with Crippen LogP contribution in [0.1, 0.15) is 15.9 Å². The number of benzene rings is 2. The lowest BCUT2D eigenvalue weighted by atomic mass is 9.97. The van der Waals surface area contributed by atoms with Crippen LogP contribution in [0, 0.1) is 0 Å². The molecule has 0 unspecified atom stereocenters. The molecule has 0 fully saturated rings. The number of aromatic nitrogens is 2. The summed E-state index contributed by atoms with van der Waals surface area (Å²) in [6.45, 7) is 0.685. The van der Waals surface area contributed by atoms with Crippen LogP contribution in [-0.2, 0) is 6.42 Å². The summed E-state index contributed by atoms with van der Waals surface area (Å²) in [7, 11) is 0. The molecule has 2 heterocycles. The molecule has 2 N–H and O–H groups in total. The average Bonchev–Trinajstić information content (AvgIpc) is 3.05. The number of rotatable bonds is 3. The van der Waals surface area contributed by atoms with Gasteiger partial charge < -0.3 is 5.32 Å². The van der Waals surface area contributed by atoms with Gasteiger partial charge in [-0.1, -0.05) is 29.4 Å². The van der Waals surface area contributed by atoms with Crippen LogP contribution in [0.2, 0.25) is 5.02 Å². The lowest BCUT2D eigenvalue weighted by Crippen LogP contribution is -2.31. The van der Waals surface area contributed by atoms with Gasteiger partial charge in [-0.2, -0.15) is 5.10 Å². The van der Waals surface area contributed by atoms with E-state index < -0.39 is 0 Å². The summed E-state index contributed by atoms with van der Waals surface area (Å²) in [5.41, 5.74) is 3.84. The third kappa shape index (κ3) is 2.92. The zero-order chi connectivity index (χ0) is 16.5. The van der Waals surface area contributed by atoms with Crippen molar-refractivity contribution in [2.75, 3.05) is 6.54 Å². The van der Waals surface area contributed by atoms with Crippen LogP contribution >= 0.6 is 23.4 Å². The molecule has 1 aromatic heterocycles. The highest BCUT2D eigenvalue weighted by Gasteiger charge is 2.18. The van der Waals surface area contributed by atoms with E-state index in [1.165, 1.54) is 0 Å². The maximum absolute atomic E-state index is 11.9. The molecule has 120 valence electrons. The molecule has 3 aromatic rings. The summed E-state index contributed by atoms with van der Waals surface area (Å²) >= 11 is 7.57. The van der Waals surface area contributed by atoms with Crippen molar-refractivity contribution in [2.24, 2.45) is 0 Å². The standard InChI is InChI=1S/C18H14ClN3OS/c19-13-2-4-14(5-3-13)24-16-10-21-22-17(16)12-1-6-15-11(9-12)7-8-20-18(15)23/h1-6,9-10H,7-8H2,(H,20,23)(H,21,22). The number of nitrogens with zero attached hydrogens (tertiary/aromatic N) is 1. The fourth-order valence-electron chi connectivity index (χ4n) is 2.77. The normalized spacial score (nSPS) is 13.5. The fourth-order valence-corrected chi connectivity index (χ4v) is 3.80. The molecular formula is C18H14ClN3OS. The van der Waals surface area contributed by atoms with Gasteiger partial charge in [0.2, 0.25) is 0 Å². The number of carbonyl (C=O) groups excluding carboxylic acids is 1. The first-order valence-corrected chi connectivity index (χ1v) is 8.78. The summed E-state index contributed by atoms with van der Waals surface area (Å²) in [4.78, 5) is 14.0. The van der Waals surface area contributed by atoms with E-state index in [0.29, 0.717) is 6.54 Å². The number of nitrogens with one attached hydrogen (secondary N) is 2. The van der Waals surface area contributed by atoms with Gasteiger partial charge in [0.25, 0.3) is 5.91 Å². The van der Waals surface area contributed by atoms with Crippen molar-refractivity contribution in [3.05, 3.63) is 64.8 Å². The second kappa shape index (κ2) is 6.34. The van der Waals surface area contributed by atoms with Crippen molar-refractivity contribution in [2.45, 2.75) is 16.2 Å². The number of fused-ring (bicyclic) bond motifs is 1. The molecule has 4 rings (SSSR count). The Morgan fingerprint density at radius 3 is 2.79 bits per heavy atom. The van der Waals surface area contributed by atoms with E-state index in [0.717, 1.165) is 43.6 Å². The summed E-state index contributed by atoms with van der Waals surface area (Å²) < 4.78 is 0. The Morgan fingerprint density at radius 2 is 1.96 bits per heavy atom. The SMILES string of the molecule is O=C1NCCc2cc(-c3[nH]ncc3Sc3ccc(Cl)cc3)ccc21. The molecule has 0 saturated carbocycles. The van der Waals surface area contributed by atoms with Gasteiger partial charge in [-0.05, 0) is 48.4 Å². The van der Waals surface area contributed by atoms with Crippen LogP contribution in [0.3, 0.4) is 0 Å². The van der Waals surface area contributed by atoms with Crippen LogP contribution in [0.25, 0.3) is 11.3 Å². The van der Waals surface area contributed by atoms with E-state index in [1.54, 1.807) is 11.8 Å². The van der Waals surface area contributed by atoms with E-state index in [4.69, 9.17) is 11.6 Å². The topological polar surface area (TPSA) is 57.8 Å². The Kier molecular flexibility index (Phi) is 4.04. The van der Waals surface area contributed by atoms with Crippen molar-refractivity contribution in [1.82, 2.24) is 15.5 Å². The summed E-state index contributed by atoms with van der Waals surface area (Å²) in [5, 5.41) is 10.9. The Bertz CT molecular complexity index is 905. The number of aromatic amines is 1. The Labute approximate surface area is 148 Å². The van der Waals surface area contributed by atoms with Crippen LogP contribution in [-0.4, -0.2) is 22.6 Å². The minimum absolute atomic E-state index is 0.00294. The number of hydrogen-bond acceptors (Lipinski definition) is 3. The van der Waals surface area contributed by atoms with Crippen LogP contribution < -0.4 is 5.32 Å². The zero-order valence-electron chi connectivity index (χ0n) is 12.7. The van der Waals surface area contributed by atoms with Crippen molar-refractivity contribution in [1.29, 1.82) is 0 Å². The molecule has 1 amide bonds. The first-order chi connectivity index (χ1) is 11.7. The average molecular weight is 356 g/mol. The van der Waals surface area contributed by atoms with E-state index in [-0.39, 0.29) is 5.91 Å². The highest BCUT2D eigenvalue weighted by Crippen LogP contribution is 2.35. The summed E-state index contributed by atoms with van der Waals surface area (Å²) in [6, 6.07) is 13.7. The third-order valence-electron chi connectivity index (χ3n) is 3.96. The van der Waals surface area contributed by atoms with Gasteiger partial charge in [0.05, 0.1) is 16.8 Å². The number of hydrogen-bond donors (Lipinski definition) is 2. The van der Waals surface area contributed by atoms with Gasteiger partial charge in [-0.25, -0.2) is 0 Å². The first kappa shape index (κ1) is 15.3. The van der Waals surface area contributed by atoms with Gasteiger partial charge in [-0.15, -0.1) is 0 Å². The summed E-state index contributed by atoms with van der Waals surface area (Å²) in [5.74, 6) is 0.00294. The molecule has 4 nitrogen and oxygen atoms in total. The Hall–Kier alpha value is -2.24. The molecule has 0 atom stereocenters. The van der Waals surface area contributed by atoms with Gasteiger partial charge in [-0.3, -0.25) is 9.89 Å². The molecule has 1 aliphatic heterocycles. The fraction of sp³-hybridized carbons (Fsp3) is 0.111. The van der Waals surface area contributed by atoms with E-state index >= 15 is 0 Å². The quantitative estimate of drug-likeness (QED) is 0.741. The lowest BCUT2D eigenvalue weighted by Gasteiger charge is -2.17. The molecule has 0 radical (unpaired) electrons. The van der Waals surface area contributed by atoms with Crippen molar-refractivity contribution in [3.8, 4) is 11.3 Å². The molecule has 6 heteroatoms. The predicted molar refractivity (Wildman–Crippen MR) is 95.6 cm³/mol. The van der Waals surface area contributed by atoms with Crippen molar-refractivity contribution >= 4 is 29.3 Å². The van der Waals surface area contributed by atoms with Gasteiger partial charge in [0.15, 0.2) is 0 Å². The number of H-pyrrole nitrogens is 1. The van der Waals surface area contributed by atoms with E-state index in [1.807, 2.05) is 42.6 Å².